The van der Waals surface area contributed by atoms with Gasteiger partial charge < -0.3 is 20.9 Å². The maximum atomic E-state index is 10.6. The molecule has 0 saturated carbocycles. The van der Waals surface area contributed by atoms with Crippen molar-refractivity contribution in [2.75, 3.05) is 31.4 Å². The second-order valence-corrected chi connectivity index (χ2v) is 3.83. The maximum Gasteiger partial charge on any atom is 0.271 e. The lowest BCUT2D eigenvalue weighted by atomic mass is 10.2. The molecule has 0 fully saturated rings. The van der Waals surface area contributed by atoms with Gasteiger partial charge in [-0.1, -0.05) is 0 Å². The number of hydrogen-bond acceptors (Lipinski definition) is 6. The molecule has 0 radical (unpaired) electrons. The molecule has 1 aromatic carbocycles. The fourth-order valence-electron chi connectivity index (χ4n) is 1.48. The average Bonchev–Trinajstić information content (AvgIpc) is 2.35. The second kappa shape index (κ2) is 6.77. The highest BCUT2D eigenvalue weighted by atomic mass is 16.6. The second-order valence-electron chi connectivity index (χ2n) is 3.83. The van der Waals surface area contributed by atoms with Gasteiger partial charge in [0.25, 0.3) is 5.69 Å². The molecule has 100 valence electrons. The van der Waals surface area contributed by atoms with Crippen molar-refractivity contribution in [2.24, 2.45) is 0 Å². The molecule has 1 unspecified atom stereocenters. The summed E-state index contributed by atoms with van der Waals surface area (Å²) in [5.41, 5.74) is 6.49. The van der Waals surface area contributed by atoms with Crippen molar-refractivity contribution in [1.82, 2.24) is 0 Å². The minimum atomic E-state index is -0.505. The Morgan fingerprint density at radius 3 is 2.83 bits per heavy atom. The number of aliphatic hydroxyl groups is 1. The summed E-state index contributed by atoms with van der Waals surface area (Å²) in [6.07, 6.45) is 0.615. The van der Waals surface area contributed by atoms with Gasteiger partial charge in [-0.05, 0) is 12.5 Å². The van der Waals surface area contributed by atoms with Gasteiger partial charge in [-0.15, -0.1) is 0 Å². The minimum absolute atomic E-state index is 0.0597. The van der Waals surface area contributed by atoms with E-state index in [0.717, 1.165) is 0 Å². The van der Waals surface area contributed by atoms with Crippen LogP contribution in [0.4, 0.5) is 17.1 Å². The van der Waals surface area contributed by atoms with Crippen LogP contribution < -0.4 is 11.1 Å². The van der Waals surface area contributed by atoms with E-state index in [1.807, 2.05) is 0 Å². The van der Waals surface area contributed by atoms with Gasteiger partial charge in [0.2, 0.25) is 0 Å². The van der Waals surface area contributed by atoms with E-state index >= 15 is 0 Å². The van der Waals surface area contributed by atoms with E-state index in [4.69, 9.17) is 10.5 Å². The molecule has 4 N–H and O–H groups in total. The van der Waals surface area contributed by atoms with E-state index in [1.165, 1.54) is 18.2 Å². The van der Waals surface area contributed by atoms with Crippen molar-refractivity contribution in [2.45, 2.75) is 12.5 Å². The van der Waals surface area contributed by atoms with Crippen molar-refractivity contribution < 1.29 is 14.8 Å². The molecule has 7 nitrogen and oxygen atoms in total. The maximum absolute atomic E-state index is 10.6. The van der Waals surface area contributed by atoms with E-state index in [1.54, 1.807) is 7.11 Å². The summed E-state index contributed by atoms with van der Waals surface area (Å²) in [5.74, 6) is 0. The van der Waals surface area contributed by atoms with Gasteiger partial charge in [-0.3, -0.25) is 10.1 Å². The molecule has 0 aromatic heterocycles. The zero-order valence-corrected chi connectivity index (χ0v) is 10.1. The summed E-state index contributed by atoms with van der Waals surface area (Å²) in [6.45, 7) is 0.435. The normalized spacial score (nSPS) is 12.1. The van der Waals surface area contributed by atoms with Crippen LogP contribution in [-0.4, -0.2) is 36.4 Å². The molecule has 0 amide bonds. The lowest BCUT2D eigenvalue weighted by Crippen LogP contribution is -2.25. The number of nitrogen functional groups attached to an aromatic ring is 1. The van der Waals surface area contributed by atoms with Crippen LogP contribution in [0.15, 0.2) is 18.2 Å². The lowest BCUT2D eigenvalue weighted by Gasteiger charge is -2.18. The molecule has 0 aliphatic heterocycles. The number of nitro benzene ring substituents is 1. The molecule has 0 aliphatic carbocycles. The highest BCUT2D eigenvalue weighted by Gasteiger charge is 2.12. The Hall–Kier alpha value is -1.86. The number of nitrogens with two attached hydrogens (primary N) is 1. The first-order chi connectivity index (χ1) is 8.58. The van der Waals surface area contributed by atoms with Crippen molar-refractivity contribution in [3.8, 4) is 0 Å². The molecule has 0 spiro atoms. The van der Waals surface area contributed by atoms with Crippen LogP contribution >= 0.6 is 0 Å². The van der Waals surface area contributed by atoms with E-state index in [0.29, 0.717) is 18.7 Å². The predicted octanol–water partition coefficient (Wildman–Crippen LogP) is 0.986. The zero-order chi connectivity index (χ0) is 13.5. The Kier molecular flexibility index (Phi) is 5.34. The summed E-state index contributed by atoms with van der Waals surface area (Å²) in [4.78, 5) is 10.1. The Balaban J connectivity index is 2.74. The number of nitro groups is 1. The van der Waals surface area contributed by atoms with Crippen molar-refractivity contribution >= 4 is 17.1 Å². The van der Waals surface area contributed by atoms with Crippen LogP contribution in [0.2, 0.25) is 0 Å². The highest BCUT2D eigenvalue weighted by Crippen LogP contribution is 2.24. The van der Waals surface area contributed by atoms with Crippen molar-refractivity contribution in [3.63, 3.8) is 0 Å². The van der Waals surface area contributed by atoms with Gasteiger partial charge in [0.1, 0.15) is 0 Å². The number of non-ortho nitro benzene ring substituents is 1. The van der Waals surface area contributed by atoms with E-state index < -0.39 is 4.92 Å². The van der Waals surface area contributed by atoms with Crippen LogP contribution in [-0.2, 0) is 4.74 Å². The SMILES string of the molecule is COCCC(CO)Nc1ccc([N+](=O)[O-])cc1N. The molecule has 7 heteroatoms. The number of hydrogen-bond donors (Lipinski definition) is 3. The van der Waals surface area contributed by atoms with E-state index in [9.17, 15) is 15.2 Å². The lowest BCUT2D eigenvalue weighted by molar-refractivity contribution is -0.384. The van der Waals surface area contributed by atoms with Gasteiger partial charge in [0, 0.05) is 25.8 Å². The molecular weight excluding hydrogens is 238 g/mol. The van der Waals surface area contributed by atoms with E-state index in [-0.39, 0.29) is 24.0 Å². The number of benzene rings is 1. The largest absolute Gasteiger partial charge is 0.397 e. The smallest absolute Gasteiger partial charge is 0.271 e. The Labute approximate surface area is 105 Å². The first-order valence-corrected chi connectivity index (χ1v) is 5.48. The minimum Gasteiger partial charge on any atom is -0.397 e. The Morgan fingerprint density at radius 2 is 2.33 bits per heavy atom. The summed E-state index contributed by atoms with van der Waals surface area (Å²) >= 11 is 0. The van der Waals surface area contributed by atoms with Gasteiger partial charge in [-0.2, -0.15) is 0 Å². The third-order valence-electron chi connectivity index (χ3n) is 2.50. The summed E-state index contributed by atoms with van der Waals surface area (Å²) in [5, 5.41) is 22.8. The quantitative estimate of drug-likeness (QED) is 0.380. The third-order valence-corrected chi connectivity index (χ3v) is 2.50. The highest BCUT2D eigenvalue weighted by molar-refractivity contribution is 5.69. The molecule has 0 heterocycles. The first-order valence-electron chi connectivity index (χ1n) is 5.48. The molecule has 1 atom stereocenters. The van der Waals surface area contributed by atoms with Crippen LogP contribution in [0, 0.1) is 10.1 Å². The standard InChI is InChI=1S/C11H17N3O4/c1-18-5-4-8(7-15)13-11-3-2-9(14(16)17)6-10(11)12/h2-3,6,8,13,15H,4-5,7,12H2,1H3. The molecule has 1 rings (SSSR count). The molecule has 0 bridgehead atoms. The van der Waals surface area contributed by atoms with Crippen molar-refractivity contribution in [3.05, 3.63) is 28.3 Å². The topological polar surface area (TPSA) is 111 Å². The third kappa shape index (κ3) is 3.86. The molecule has 0 saturated heterocycles. The van der Waals surface area contributed by atoms with Crippen LogP contribution in [0.25, 0.3) is 0 Å². The van der Waals surface area contributed by atoms with Gasteiger partial charge in [0.05, 0.1) is 28.9 Å². The molecule has 1 aromatic rings. The first kappa shape index (κ1) is 14.2. The fraction of sp³-hybridized carbons (Fsp3) is 0.455. The molecular formula is C11H17N3O4. The number of nitrogens with one attached hydrogen (secondary N) is 1. The average molecular weight is 255 g/mol. The number of methoxy groups -OCH3 is 1. The zero-order valence-electron chi connectivity index (χ0n) is 10.1. The number of nitrogens with zero attached hydrogens (tertiary/aromatic N) is 1. The molecule has 18 heavy (non-hydrogen) atoms. The Morgan fingerprint density at radius 1 is 1.61 bits per heavy atom. The van der Waals surface area contributed by atoms with Gasteiger partial charge in [0.15, 0.2) is 0 Å². The predicted molar refractivity (Wildman–Crippen MR) is 68.5 cm³/mol. The van der Waals surface area contributed by atoms with Crippen molar-refractivity contribution in [1.29, 1.82) is 0 Å². The van der Waals surface area contributed by atoms with E-state index in [2.05, 4.69) is 5.32 Å². The van der Waals surface area contributed by atoms with Gasteiger partial charge in [-0.25, -0.2) is 0 Å². The monoisotopic (exact) mass is 255 g/mol. The summed E-state index contributed by atoms with van der Waals surface area (Å²) in [7, 11) is 1.58. The summed E-state index contributed by atoms with van der Waals surface area (Å²) < 4.78 is 4.92. The van der Waals surface area contributed by atoms with Crippen LogP contribution in [0.1, 0.15) is 6.42 Å². The Bertz CT molecular complexity index is 411. The fourth-order valence-corrected chi connectivity index (χ4v) is 1.48. The number of ether oxygens (including phenoxy) is 1. The van der Waals surface area contributed by atoms with Crippen LogP contribution in [0.5, 0.6) is 0 Å². The number of rotatable bonds is 7. The van der Waals surface area contributed by atoms with Gasteiger partial charge >= 0.3 is 0 Å². The number of anilines is 2. The number of aliphatic hydroxyl groups excluding tert-OH is 1. The molecule has 0 aliphatic rings. The van der Waals surface area contributed by atoms with Crippen LogP contribution in [0.3, 0.4) is 0 Å². The summed E-state index contributed by atoms with van der Waals surface area (Å²) in [6, 6.07) is 3.98.